The maximum atomic E-state index is 14.7. The fourth-order valence-corrected chi connectivity index (χ4v) is 11.2. The molecular weight excluding hydrogens is 1270 g/mol. The third-order valence-electron chi connectivity index (χ3n) is 15.4. The molecule has 500 valence electrons. The third kappa shape index (κ3) is 19.0. The molecule has 25 heteroatoms. The number of rotatable bonds is 28. The number of carbonyl (C=O) groups is 4. The second kappa shape index (κ2) is 34.4. The van der Waals surface area contributed by atoms with Gasteiger partial charge in [0.05, 0.1) is 86.7 Å². The van der Waals surface area contributed by atoms with Gasteiger partial charge in [0.2, 0.25) is 0 Å². The number of amides is 2. The summed E-state index contributed by atoms with van der Waals surface area (Å²) in [6, 6.07) is 27.0. The number of carboxylic acids is 2. The van der Waals surface area contributed by atoms with E-state index in [0.717, 1.165) is 24.3 Å². The largest absolute Gasteiger partial charge is 2.00 e. The van der Waals surface area contributed by atoms with Crippen molar-refractivity contribution in [1.82, 2.24) is 9.13 Å². The molecule has 0 fully saturated rings. The number of ether oxygens (including phenoxy) is 4. The van der Waals surface area contributed by atoms with E-state index in [0.29, 0.717) is 79.4 Å². The molecule has 0 aliphatic carbocycles. The molecular formula is C70H72CaF6N4O14. The summed E-state index contributed by atoms with van der Waals surface area (Å²) in [5, 5.41) is 69.2. The number of methoxy groups -OCH3 is 4. The van der Waals surface area contributed by atoms with Gasteiger partial charge in [0.1, 0.15) is 34.6 Å². The van der Waals surface area contributed by atoms with Crippen molar-refractivity contribution in [2.45, 2.75) is 116 Å². The number of hydrogen-bond acceptors (Lipinski definition) is 14. The summed E-state index contributed by atoms with van der Waals surface area (Å²) >= 11 is 0. The summed E-state index contributed by atoms with van der Waals surface area (Å²) in [6.07, 6.45) is -6.91. The van der Waals surface area contributed by atoms with Gasteiger partial charge in [-0.2, -0.15) is 0 Å². The Bertz CT molecular complexity index is 3740. The maximum absolute atomic E-state index is 14.7. The summed E-state index contributed by atoms with van der Waals surface area (Å²) in [4.78, 5) is 50.6. The number of anilines is 2. The van der Waals surface area contributed by atoms with E-state index in [1.807, 2.05) is 27.7 Å². The number of carbonyl (C=O) groups excluding carboxylic acids is 4. The van der Waals surface area contributed by atoms with E-state index in [1.165, 1.54) is 89.1 Å². The SMILES string of the molecule is COc1ccc(NC(=O)c2c(-c3ccc(F)cc3)c(-c3ccc(F)c(F)c3)n(CC[C@@H](O)C[C@@H](O)CC(=O)[O-])c2C(C)C)c(OC)c1.COc1ccc(NC(=O)c2c(-c3ccc(F)cc3)c(-c3ccc(F)c(F)c3)n(CC[C@@H](O)C[C@@H](O)CC(=O)[O-])c2C(C)C)c(OC)c1.[Ca+2]. The van der Waals surface area contributed by atoms with Crippen LogP contribution in [0.15, 0.2) is 121 Å². The van der Waals surface area contributed by atoms with E-state index in [-0.39, 0.29) is 111 Å². The quantitative estimate of drug-likeness (QED) is 0.0197. The van der Waals surface area contributed by atoms with Gasteiger partial charge in [-0.05, 0) is 134 Å². The molecule has 18 nitrogen and oxygen atoms in total. The van der Waals surface area contributed by atoms with Crippen LogP contribution in [0.4, 0.5) is 37.7 Å². The Morgan fingerprint density at radius 2 is 0.789 bits per heavy atom. The number of halogens is 6. The molecule has 6 N–H and O–H groups in total. The fourth-order valence-electron chi connectivity index (χ4n) is 11.2. The van der Waals surface area contributed by atoms with Gasteiger partial charge in [-0.1, -0.05) is 52.0 Å². The normalized spacial score (nSPS) is 12.4. The third-order valence-corrected chi connectivity index (χ3v) is 15.4. The zero-order chi connectivity index (χ0) is 68.8. The van der Waals surface area contributed by atoms with E-state index in [4.69, 9.17) is 18.9 Å². The minimum absolute atomic E-state index is 0. The first-order valence-corrected chi connectivity index (χ1v) is 29.8. The van der Waals surface area contributed by atoms with Crippen LogP contribution in [0.2, 0.25) is 0 Å². The molecule has 0 radical (unpaired) electrons. The smallest absolute Gasteiger partial charge is 0.550 e. The Labute approximate surface area is 574 Å². The van der Waals surface area contributed by atoms with Crippen molar-refractivity contribution >= 4 is 72.9 Å². The van der Waals surface area contributed by atoms with Crippen LogP contribution >= 0.6 is 0 Å². The van der Waals surface area contributed by atoms with Crippen LogP contribution in [-0.2, 0) is 22.7 Å². The number of benzene rings is 6. The molecule has 8 rings (SSSR count). The molecule has 0 aliphatic heterocycles. The number of aromatic nitrogens is 2. The van der Waals surface area contributed by atoms with E-state index in [1.54, 1.807) is 45.5 Å². The molecule has 2 aromatic heterocycles. The van der Waals surface area contributed by atoms with Gasteiger partial charge in [-0.3, -0.25) is 9.59 Å². The number of carboxylic acid groups (broad SMARTS) is 2. The fraction of sp³-hybridized carbons (Fsp3) is 0.314. The van der Waals surface area contributed by atoms with E-state index < -0.39 is 95.9 Å². The number of nitrogens with zero attached hydrogens (tertiary/aromatic N) is 2. The molecule has 8 aromatic rings. The minimum atomic E-state index is -1.47. The van der Waals surface area contributed by atoms with Crippen molar-refractivity contribution in [3.05, 3.63) is 179 Å². The van der Waals surface area contributed by atoms with Crippen LogP contribution in [0.3, 0.4) is 0 Å². The summed E-state index contributed by atoms with van der Waals surface area (Å²) < 4.78 is 111. The molecule has 4 atom stereocenters. The van der Waals surface area contributed by atoms with Crippen molar-refractivity contribution in [3.63, 3.8) is 0 Å². The molecule has 2 amide bonds. The molecule has 0 unspecified atom stereocenters. The summed E-state index contributed by atoms with van der Waals surface area (Å²) in [6.45, 7) is 7.38. The average molecular weight is 1350 g/mol. The first kappa shape index (κ1) is 75.7. The van der Waals surface area contributed by atoms with Gasteiger partial charge in [-0.15, -0.1) is 0 Å². The molecule has 0 saturated carbocycles. The van der Waals surface area contributed by atoms with Crippen LogP contribution in [0.5, 0.6) is 23.0 Å². The van der Waals surface area contributed by atoms with E-state index in [9.17, 15) is 76.2 Å². The predicted octanol–water partition coefficient (Wildman–Crippen LogP) is 10.2. The zero-order valence-electron chi connectivity index (χ0n) is 53.4. The van der Waals surface area contributed by atoms with Gasteiger partial charge in [-0.25, -0.2) is 26.3 Å². The van der Waals surface area contributed by atoms with E-state index >= 15 is 0 Å². The number of hydrogen-bond donors (Lipinski definition) is 6. The maximum Gasteiger partial charge on any atom is 2.00 e. The Balaban J connectivity index is 0.000000298. The van der Waals surface area contributed by atoms with Crippen LogP contribution in [-0.4, -0.2) is 144 Å². The van der Waals surface area contributed by atoms with Crippen LogP contribution in [0, 0.1) is 34.9 Å². The molecule has 0 bridgehead atoms. The van der Waals surface area contributed by atoms with Crippen molar-refractivity contribution in [3.8, 4) is 67.8 Å². The first-order valence-electron chi connectivity index (χ1n) is 29.8. The average Bonchev–Trinajstić information content (AvgIpc) is 1.60. The molecule has 0 aliphatic rings. The molecule has 6 aromatic carbocycles. The van der Waals surface area contributed by atoms with Crippen molar-refractivity contribution in [2.24, 2.45) is 0 Å². The minimum Gasteiger partial charge on any atom is -0.550 e. The molecule has 0 saturated heterocycles. The van der Waals surface area contributed by atoms with E-state index in [2.05, 4.69) is 10.6 Å². The van der Waals surface area contributed by atoms with Crippen LogP contribution in [0.1, 0.15) is 110 Å². The Hall–Kier alpha value is -8.36. The number of aliphatic hydroxyl groups is 4. The van der Waals surface area contributed by atoms with Gasteiger partial charge >= 0.3 is 37.7 Å². The van der Waals surface area contributed by atoms with Gasteiger partial charge in [0.25, 0.3) is 11.8 Å². The van der Waals surface area contributed by atoms with Crippen molar-refractivity contribution < 1.29 is 95.1 Å². The monoisotopic (exact) mass is 1350 g/mol. The molecule has 95 heavy (non-hydrogen) atoms. The van der Waals surface area contributed by atoms with Gasteiger partial charge < -0.3 is 78.9 Å². The Morgan fingerprint density at radius 1 is 0.453 bits per heavy atom. The number of aliphatic carboxylic acids is 2. The second-order valence-electron chi connectivity index (χ2n) is 22.7. The molecule has 2 heterocycles. The predicted molar refractivity (Wildman–Crippen MR) is 341 cm³/mol. The van der Waals surface area contributed by atoms with Crippen LogP contribution in [0.25, 0.3) is 44.8 Å². The standard InChI is InChI=1S/2C35H37F3N2O7.Ca/c2*1-19(2)33-32(35(45)39-28-12-10-25(46-3)18-29(28)47-4)31(20-5-8-22(36)9-6-20)34(21-7-11-26(37)27(38)15-21)40(33)14-13-23(41)16-24(42)17-30(43)44;/h2*5-12,15,18-19,23-24,41-42H,13-14,16-17H2,1-4H3,(H,39,45)(H,43,44);/q;;+2/p-2/t2*23-,24-;/m11./s1. The van der Waals surface area contributed by atoms with Gasteiger partial charge in [0.15, 0.2) is 23.3 Å². The van der Waals surface area contributed by atoms with Crippen molar-refractivity contribution in [2.75, 3.05) is 39.1 Å². The van der Waals surface area contributed by atoms with Crippen LogP contribution < -0.4 is 39.8 Å². The number of aliphatic hydroxyl groups excluding tert-OH is 4. The molecule has 0 spiro atoms. The first-order chi connectivity index (χ1) is 44.7. The number of nitrogens with one attached hydrogen (secondary N) is 2. The second-order valence-corrected chi connectivity index (χ2v) is 22.7. The summed E-state index contributed by atoms with van der Waals surface area (Å²) in [7, 11) is 5.84. The Morgan fingerprint density at radius 3 is 1.08 bits per heavy atom. The topological polar surface area (TPSA) is 266 Å². The summed E-state index contributed by atoms with van der Waals surface area (Å²) in [5.74, 6) is -8.69. The Kier molecular flexibility index (Phi) is 27.4. The van der Waals surface area contributed by atoms with Crippen molar-refractivity contribution in [1.29, 1.82) is 0 Å². The van der Waals surface area contributed by atoms with Gasteiger partial charge in [0, 0.05) is 83.6 Å². The zero-order valence-corrected chi connectivity index (χ0v) is 55.6. The summed E-state index contributed by atoms with van der Waals surface area (Å²) in [5.41, 5.74) is 4.33.